The standard InChI is InChI=1S/C30H36N6O14/c1-49-11-8-35(7-6-20(37)38)25-23(16-2-4-17(5-3-16)27(43)31-18(29(45)46)14-21(39)40)33-26(36-9-12-50-13-10-36)24(34-25)28(44)32-19(30(47)48)15-22(41)42/h2-5,18-19H,6-15H2,1H3,(H,31,43)(H,32,44)(H,37,38)(H,39,40)(H,41,42)(H,45,46)(H,47,48)/t18-,19-/m1/s1. The number of anilines is 2. The summed E-state index contributed by atoms with van der Waals surface area (Å²) >= 11 is 0. The Morgan fingerprint density at radius 2 is 1.38 bits per heavy atom. The molecule has 2 amide bonds. The Labute approximate surface area is 283 Å². The van der Waals surface area contributed by atoms with E-state index in [0.29, 0.717) is 5.56 Å². The average molecular weight is 705 g/mol. The highest BCUT2D eigenvalue weighted by Crippen LogP contribution is 2.33. The zero-order chi connectivity index (χ0) is 37.0. The molecule has 0 unspecified atom stereocenters. The fourth-order valence-corrected chi connectivity index (χ4v) is 4.73. The third-order valence-electron chi connectivity index (χ3n) is 7.23. The van der Waals surface area contributed by atoms with Gasteiger partial charge in [0.05, 0.1) is 39.1 Å². The van der Waals surface area contributed by atoms with Crippen molar-refractivity contribution in [2.45, 2.75) is 31.3 Å². The van der Waals surface area contributed by atoms with Gasteiger partial charge in [-0.15, -0.1) is 0 Å². The van der Waals surface area contributed by atoms with Crippen molar-refractivity contribution in [1.29, 1.82) is 0 Å². The maximum Gasteiger partial charge on any atom is 0.326 e. The van der Waals surface area contributed by atoms with Crippen molar-refractivity contribution in [2.24, 2.45) is 0 Å². The number of hydrogen-bond acceptors (Lipinski definition) is 13. The Balaban J connectivity index is 2.19. The third kappa shape index (κ3) is 10.8. The summed E-state index contributed by atoms with van der Waals surface area (Å²) in [6.45, 7) is 0.927. The normalized spacial score (nSPS) is 13.8. The highest BCUT2D eigenvalue weighted by molar-refractivity contribution is 6.01. The first-order valence-electron chi connectivity index (χ1n) is 15.0. The molecule has 0 spiro atoms. The Kier molecular flexibility index (Phi) is 13.9. The van der Waals surface area contributed by atoms with E-state index in [4.69, 9.17) is 19.6 Å². The van der Waals surface area contributed by atoms with Crippen LogP contribution in [0.4, 0.5) is 11.6 Å². The van der Waals surface area contributed by atoms with Crippen molar-refractivity contribution >= 4 is 53.3 Å². The van der Waals surface area contributed by atoms with Crippen LogP contribution in [0.3, 0.4) is 0 Å². The van der Waals surface area contributed by atoms with Gasteiger partial charge in [0.2, 0.25) is 0 Å². The minimum atomic E-state index is -1.83. The van der Waals surface area contributed by atoms with Crippen LogP contribution in [-0.4, -0.2) is 142 Å². The van der Waals surface area contributed by atoms with Crippen LogP contribution in [0.2, 0.25) is 0 Å². The van der Waals surface area contributed by atoms with E-state index >= 15 is 0 Å². The van der Waals surface area contributed by atoms with Crippen LogP contribution in [0.15, 0.2) is 24.3 Å². The van der Waals surface area contributed by atoms with E-state index in [-0.39, 0.29) is 81.0 Å². The molecule has 2 atom stereocenters. The van der Waals surface area contributed by atoms with Gasteiger partial charge in [0.15, 0.2) is 17.3 Å². The van der Waals surface area contributed by atoms with Crippen molar-refractivity contribution in [3.63, 3.8) is 0 Å². The maximum absolute atomic E-state index is 13.6. The van der Waals surface area contributed by atoms with Crippen LogP contribution in [0.5, 0.6) is 0 Å². The zero-order valence-corrected chi connectivity index (χ0v) is 26.7. The first-order chi connectivity index (χ1) is 23.7. The Hall–Kier alpha value is -5.89. The molecule has 1 aliphatic rings. The molecule has 1 aliphatic heterocycles. The number of benzene rings is 1. The first kappa shape index (κ1) is 38.6. The molecule has 3 rings (SSSR count). The quantitative estimate of drug-likeness (QED) is 0.0943. The maximum atomic E-state index is 13.6. The molecule has 0 bridgehead atoms. The van der Waals surface area contributed by atoms with Gasteiger partial charge in [0, 0.05) is 44.4 Å². The van der Waals surface area contributed by atoms with E-state index in [1.807, 2.05) is 0 Å². The van der Waals surface area contributed by atoms with E-state index in [1.165, 1.54) is 36.3 Å². The number of carboxylic acid groups (broad SMARTS) is 5. The van der Waals surface area contributed by atoms with Gasteiger partial charge >= 0.3 is 29.8 Å². The molecule has 50 heavy (non-hydrogen) atoms. The summed E-state index contributed by atoms with van der Waals surface area (Å²) in [6.07, 6.45) is -2.18. The number of carboxylic acids is 5. The van der Waals surface area contributed by atoms with Crippen molar-refractivity contribution in [2.75, 3.05) is 62.9 Å². The molecule has 0 radical (unpaired) electrons. The second-order valence-electron chi connectivity index (χ2n) is 10.8. The lowest BCUT2D eigenvalue weighted by atomic mass is 10.1. The fraction of sp³-hybridized carbons (Fsp3) is 0.433. The topological polar surface area (TPSA) is 295 Å². The van der Waals surface area contributed by atoms with Crippen LogP contribution < -0.4 is 20.4 Å². The fourth-order valence-electron chi connectivity index (χ4n) is 4.73. The van der Waals surface area contributed by atoms with Crippen molar-refractivity contribution in [3.8, 4) is 11.3 Å². The van der Waals surface area contributed by atoms with E-state index in [9.17, 15) is 54.0 Å². The zero-order valence-electron chi connectivity index (χ0n) is 26.7. The second-order valence-corrected chi connectivity index (χ2v) is 10.8. The molecule has 270 valence electrons. The lowest BCUT2D eigenvalue weighted by Crippen LogP contribution is -2.44. The summed E-state index contributed by atoms with van der Waals surface area (Å²) in [7, 11) is 1.41. The number of carbonyl (C=O) groups excluding carboxylic acids is 2. The predicted octanol–water partition coefficient (Wildman–Crippen LogP) is -0.777. The highest BCUT2D eigenvalue weighted by Gasteiger charge is 2.31. The Bertz CT molecular complexity index is 1600. The highest BCUT2D eigenvalue weighted by atomic mass is 16.5. The van der Waals surface area contributed by atoms with Crippen LogP contribution in [0.25, 0.3) is 11.3 Å². The van der Waals surface area contributed by atoms with E-state index in [1.54, 1.807) is 4.90 Å². The van der Waals surface area contributed by atoms with Gasteiger partial charge in [-0.3, -0.25) is 24.0 Å². The number of nitrogens with one attached hydrogen (secondary N) is 2. The molecular formula is C30H36N6O14. The number of methoxy groups -OCH3 is 1. The number of hydrogen-bond donors (Lipinski definition) is 7. The van der Waals surface area contributed by atoms with E-state index < -0.39 is 66.6 Å². The summed E-state index contributed by atoms with van der Waals surface area (Å²) in [6, 6.07) is 1.95. The van der Waals surface area contributed by atoms with Crippen molar-refractivity contribution in [1.82, 2.24) is 20.6 Å². The smallest absolute Gasteiger partial charge is 0.326 e. The molecule has 1 fully saturated rings. The SMILES string of the molecule is COCCN(CCC(=O)O)c1nc(C(=O)N[C@H](CC(=O)O)C(=O)O)c(N2CCOCC2)nc1-c1ccc(C(=O)N[C@H](CC(=O)O)C(=O)O)cc1. The second kappa shape index (κ2) is 18.0. The summed E-state index contributed by atoms with van der Waals surface area (Å²) in [5.74, 6) is -9.22. The molecule has 7 N–H and O–H groups in total. The third-order valence-corrected chi connectivity index (χ3v) is 7.23. The van der Waals surface area contributed by atoms with Gasteiger partial charge in [-0.2, -0.15) is 0 Å². The van der Waals surface area contributed by atoms with Crippen LogP contribution >= 0.6 is 0 Å². The van der Waals surface area contributed by atoms with Gasteiger partial charge in [-0.1, -0.05) is 12.1 Å². The Morgan fingerprint density at radius 1 is 0.820 bits per heavy atom. The molecule has 1 aromatic carbocycles. The lowest BCUT2D eigenvalue weighted by molar-refractivity contribution is -0.145. The van der Waals surface area contributed by atoms with Crippen LogP contribution in [0, 0.1) is 0 Å². The number of rotatable bonds is 19. The number of ether oxygens (including phenoxy) is 2. The summed E-state index contributed by atoms with van der Waals surface area (Å²) in [4.78, 5) is 96.0. The van der Waals surface area contributed by atoms with E-state index in [2.05, 4.69) is 15.6 Å². The van der Waals surface area contributed by atoms with E-state index in [0.717, 1.165) is 0 Å². The number of aliphatic carboxylic acids is 5. The summed E-state index contributed by atoms with van der Waals surface area (Å²) in [5.41, 5.74) is -0.0114. The molecule has 1 aromatic heterocycles. The lowest BCUT2D eigenvalue weighted by Gasteiger charge is -2.31. The minimum absolute atomic E-state index is 0.0197. The summed E-state index contributed by atoms with van der Waals surface area (Å²) < 4.78 is 10.6. The summed E-state index contributed by atoms with van der Waals surface area (Å²) in [5, 5.41) is 50.8. The molecule has 20 heteroatoms. The molecule has 0 aliphatic carbocycles. The van der Waals surface area contributed by atoms with Gasteiger partial charge in [-0.25, -0.2) is 19.6 Å². The van der Waals surface area contributed by atoms with Crippen LogP contribution in [0.1, 0.15) is 40.1 Å². The minimum Gasteiger partial charge on any atom is -0.481 e. The van der Waals surface area contributed by atoms with Crippen molar-refractivity contribution in [3.05, 3.63) is 35.5 Å². The van der Waals surface area contributed by atoms with Gasteiger partial charge < -0.3 is 55.4 Å². The molecule has 20 nitrogen and oxygen atoms in total. The number of nitrogens with zero attached hydrogens (tertiary/aromatic N) is 4. The predicted molar refractivity (Wildman–Crippen MR) is 169 cm³/mol. The molecule has 2 heterocycles. The van der Waals surface area contributed by atoms with Crippen molar-refractivity contribution < 1.29 is 68.6 Å². The molecule has 1 saturated heterocycles. The number of carbonyl (C=O) groups is 7. The number of amides is 2. The Morgan fingerprint density at radius 3 is 1.88 bits per heavy atom. The number of morpholine rings is 1. The molecule has 0 saturated carbocycles. The van der Waals surface area contributed by atoms with Gasteiger partial charge in [-0.05, 0) is 12.1 Å². The first-order valence-corrected chi connectivity index (χ1v) is 15.0. The average Bonchev–Trinajstić information content (AvgIpc) is 3.07. The largest absolute Gasteiger partial charge is 0.481 e. The molecular weight excluding hydrogens is 668 g/mol. The van der Waals surface area contributed by atoms with Crippen LogP contribution in [-0.2, 0) is 33.4 Å². The molecule has 2 aromatic rings. The van der Waals surface area contributed by atoms with Gasteiger partial charge in [0.25, 0.3) is 11.8 Å². The monoisotopic (exact) mass is 704 g/mol. The number of aromatic nitrogens is 2. The van der Waals surface area contributed by atoms with Gasteiger partial charge in [0.1, 0.15) is 17.8 Å².